The van der Waals surface area contributed by atoms with Crippen LogP contribution in [0.25, 0.3) is 5.57 Å². The Morgan fingerprint density at radius 3 is 2.56 bits per heavy atom. The SMILES string of the molecule is CC1=C(c2ccc(C)cc2)C2C(=O)OCC12. The lowest BCUT2D eigenvalue weighted by Gasteiger charge is -2.32. The van der Waals surface area contributed by atoms with E-state index in [1.165, 1.54) is 22.3 Å². The first-order valence-electron chi connectivity index (χ1n) is 5.63. The van der Waals surface area contributed by atoms with Crippen molar-refractivity contribution in [2.75, 3.05) is 6.61 Å². The minimum Gasteiger partial charge on any atom is -0.465 e. The molecule has 2 nitrogen and oxygen atoms in total. The van der Waals surface area contributed by atoms with Gasteiger partial charge in [0.2, 0.25) is 0 Å². The van der Waals surface area contributed by atoms with Gasteiger partial charge >= 0.3 is 5.97 Å². The van der Waals surface area contributed by atoms with Crippen molar-refractivity contribution < 1.29 is 9.53 Å². The number of hydrogen-bond acceptors (Lipinski definition) is 2. The van der Waals surface area contributed by atoms with Gasteiger partial charge in [0.25, 0.3) is 0 Å². The molecule has 82 valence electrons. The summed E-state index contributed by atoms with van der Waals surface area (Å²) in [6.45, 7) is 4.75. The van der Waals surface area contributed by atoms with Crippen molar-refractivity contribution in [3.63, 3.8) is 0 Å². The highest BCUT2D eigenvalue weighted by Crippen LogP contribution is 2.50. The Kier molecular flexibility index (Phi) is 1.93. The van der Waals surface area contributed by atoms with Gasteiger partial charge in [0.05, 0.1) is 12.5 Å². The molecule has 1 aromatic carbocycles. The molecule has 2 heteroatoms. The van der Waals surface area contributed by atoms with Gasteiger partial charge in [-0.15, -0.1) is 0 Å². The Hall–Kier alpha value is -1.57. The minimum absolute atomic E-state index is 0.00251. The van der Waals surface area contributed by atoms with Gasteiger partial charge in [0.1, 0.15) is 0 Å². The molecule has 0 N–H and O–H groups in total. The summed E-state index contributed by atoms with van der Waals surface area (Å²) in [5.41, 5.74) is 4.92. The van der Waals surface area contributed by atoms with Gasteiger partial charge < -0.3 is 4.74 Å². The summed E-state index contributed by atoms with van der Waals surface area (Å²) in [6, 6.07) is 8.36. The molecule has 0 spiro atoms. The van der Waals surface area contributed by atoms with E-state index >= 15 is 0 Å². The van der Waals surface area contributed by atoms with Crippen LogP contribution in [0.1, 0.15) is 18.1 Å². The van der Waals surface area contributed by atoms with E-state index in [-0.39, 0.29) is 11.9 Å². The molecule has 0 radical (unpaired) electrons. The zero-order valence-corrected chi connectivity index (χ0v) is 9.49. The summed E-state index contributed by atoms with van der Waals surface area (Å²) in [5, 5.41) is 0. The number of cyclic esters (lactones) is 1. The number of ether oxygens (including phenoxy) is 1. The van der Waals surface area contributed by atoms with Crippen molar-refractivity contribution in [2.45, 2.75) is 13.8 Å². The summed E-state index contributed by atoms with van der Waals surface area (Å²) >= 11 is 0. The number of hydrogen-bond donors (Lipinski definition) is 0. The van der Waals surface area contributed by atoms with Gasteiger partial charge in [-0.2, -0.15) is 0 Å². The van der Waals surface area contributed by atoms with E-state index in [4.69, 9.17) is 4.74 Å². The zero-order valence-electron chi connectivity index (χ0n) is 9.49. The third kappa shape index (κ3) is 1.16. The molecule has 0 saturated carbocycles. The number of benzene rings is 1. The predicted octanol–water partition coefficient (Wildman–Crippen LogP) is 2.57. The molecule has 0 bridgehead atoms. The Bertz CT molecular complexity index is 482. The smallest absolute Gasteiger partial charge is 0.314 e. The molecule has 1 aliphatic carbocycles. The lowest BCUT2D eigenvalue weighted by Crippen LogP contribution is -2.29. The number of fused-ring (bicyclic) bond motifs is 1. The molecule has 1 aliphatic heterocycles. The van der Waals surface area contributed by atoms with Crippen LogP contribution in [0.2, 0.25) is 0 Å². The Morgan fingerprint density at radius 1 is 1.19 bits per heavy atom. The molecular formula is C14H14O2. The van der Waals surface area contributed by atoms with Crippen molar-refractivity contribution in [1.29, 1.82) is 0 Å². The maximum Gasteiger partial charge on any atom is 0.314 e. The molecule has 1 saturated heterocycles. The van der Waals surface area contributed by atoms with Gasteiger partial charge in [-0.1, -0.05) is 35.4 Å². The van der Waals surface area contributed by atoms with E-state index < -0.39 is 0 Å². The van der Waals surface area contributed by atoms with E-state index in [0.717, 1.165) is 0 Å². The van der Waals surface area contributed by atoms with E-state index in [9.17, 15) is 4.79 Å². The molecule has 2 aliphatic rings. The van der Waals surface area contributed by atoms with Crippen LogP contribution in [0.3, 0.4) is 0 Å². The van der Waals surface area contributed by atoms with Crippen molar-refractivity contribution in [1.82, 2.24) is 0 Å². The molecule has 16 heavy (non-hydrogen) atoms. The van der Waals surface area contributed by atoms with Crippen LogP contribution >= 0.6 is 0 Å². The van der Waals surface area contributed by atoms with Crippen molar-refractivity contribution >= 4 is 11.5 Å². The molecule has 1 aromatic rings. The van der Waals surface area contributed by atoms with Gasteiger partial charge in [-0.05, 0) is 25.0 Å². The number of esters is 1. The second-order valence-electron chi connectivity index (χ2n) is 4.68. The predicted molar refractivity (Wildman–Crippen MR) is 61.7 cm³/mol. The van der Waals surface area contributed by atoms with Crippen LogP contribution in [-0.2, 0) is 9.53 Å². The summed E-state index contributed by atoms with van der Waals surface area (Å²) in [7, 11) is 0. The highest BCUT2D eigenvalue weighted by atomic mass is 16.5. The van der Waals surface area contributed by atoms with Gasteiger partial charge in [-0.25, -0.2) is 0 Å². The average molecular weight is 214 g/mol. The standard InChI is InChI=1S/C14H14O2/c1-8-3-5-10(6-4-8)12-9(2)11-7-16-14(15)13(11)12/h3-6,11,13H,7H2,1-2H3. The first kappa shape index (κ1) is 9.64. The largest absolute Gasteiger partial charge is 0.465 e. The van der Waals surface area contributed by atoms with Gasteiger partial charge in [-0.3, -0.25) is 4.79 Å². The van der Waals surface area contributed by atoms with Crippen LogP contribution < -0.4 is 0 Å². The van der Waals surface area contributed by atoms with E-state index in [1.807, 2.05) is 0 Å². The minimum atomic E-state index is -0.0498. The average Bonchev–Trinajstić information content (AvgIpc) is 2.59. The molecule has 2 unspecified atom stereocenters. The number of aryl methyl sites for hydroxylation is 1. The molecule has 2 atom stereocenters. The van der Waals surface area contributed by atoms with Crippen LogP contribution in [0.15, 0.2) is 29.8 Å². The van der Waals surface area contributed by atoms with Crippen LogP contribution in [0.5, 0.6) is 0 Å². The molecule has 0 aromatic heterocycles. The fourth-order valence-electron chi connectivity index (χ4n) is 2.71. The monoisotopic (exact) mass is 214 g/mol. The molecule has 1 fully saturated rings. The second kappa shape index (κ2) is 3.21. The van der Waals surface area contributed by atoms with Gasteiger partial charge in [0, 0.05) is 5.92 Å². The summed E-state index contributed by atoms with van der Waals surface area (Å²) in [5.74, 6) is 0.290. The Balaban J connectivity index is 2.02. The highest BCUT2D eigenvalue weighted by molar-refractivity contribution is 5.96. The summed E-state index contributed by atoms with van der Waals surface area (Å²) < 4.78 is 5.11. The molecule has 0 amide bonds. The van der Waals surface area contributed by atoms with E-state index in [0.29, 0.717) is 12.5 Å². The molecule has 1 heterocycles. The normalized spacial score (nSPS) is 27.5. The maximum atomic E-state index is 11.6. The topological polar surface area (TPSA) is 26.3 Å². The Labute approximate surface area is 94.9 Å². The van der Waals surface area contributed by atoms with Crippen LogP contribution in [0, 0.1) is 18.8 Å². The lowest BCUT2D eigenvalue weighted by molar-refractivity contribution is -0.139. The Morgan fingerprint density at radius 2 is 1.88 bits per heavy atom. The van der Waals surface area contributed by atoms with Crippen molar-refractivity contribution in [2.24, 2.45) is 11.8 Å². The van der Waals surface area contributed by atoms with Crippen molar-refractivity contribution in [3.8, 4) is 0 Å². The first-order valence-corrected chi connectivity index (χ1v) is 5.63. The number of rotatable bonds is 1. The number of carbonyl (C=O) groups excluding carboxylic acids is 1. The fourth-order valence-corrected chi connectivity index (χ4v) is 2.71. The van der Waals surface area contributed by atoms with Gasteiger partial charge in [0.15, 0.2) is 0 Å². The number of carbonyl (C=O) groups is 1. The van der Waals surface area contributed by atoms with Crippen LogP contribution in [0.4, 0.5) is 0 Å². The van der Waals surface area contributed by atoms with E-state index in [1.54, 1.807) is 0 Å². The quantitative estimate of drug-likeness (QED) is 0.671. The van der Waals surface area contributed by atoms with E-state index in [2.05, 4.69) is 38.1 Å². The fraction of sp³-hybridized carbons (Fsp3) is 0.357. The highest BCUT2D eigenvalue weighted by Gasteiger charge is 2.49. The molecule has 3 rings (SSSR count). The zero-order chi connectivity index (χ0) is 11.3. The third-order valence-electron chi connectivity index (χ3n) is 3.72. The maximum absolute atomic E-state index is 11.6. The molecular weight excluding hydrogens is 200 g/mol. The van der Waals surface area contributed by atoms with Crippen LogP contribution in [-0.4, -0.2) is 12.6 Å². The lowest BCUT2D eigenvalue weighted by atomic mass is 9.68. The summed E-state index contributed by atoms with van der Waals surface area (Å²) in [4.78, 5) is 11.6. The van der Waals surface area contributed by atoms with Crippen molar-refractivity contribution in [3.05, 3.63) is 41.0 Å². The third-order valence-corrected chi connectivity index (χ3v) is 3.72. The second-order valence-corrected chi connectivity index (χ2v) is 4.68. The first-order chi connectivity index (χ1) is 7.68. The summed E-state index contributed by atoms with van der Waals surface area (Å²) in [6.07, 6.45) is 0.